The van der Waals surface area contributed by atoms with Gasteiger partial charge in [0.2, 0.25) is 5.91 Å². The van der Waals surface area contributed by atoms with Gasteiger partial charge in [0, 0.05) is 38.4 Å². The van der Waals surface area contributed by atoms with Gasteiger partial charge in [-0.15, -0.1) is 24.8 Å². The molecule has 2 heterocycles. The van der Waals surface area contributed by atoms with Crippen molar-refractivity contribution in [1.29, 1.82) is 5.26 Å². The Kier molecular flexibility index (Phi) is 11.9. The number of nitriles is 1. The van der Waals surface area contributed by atoms with Gasteiger partial charge < -0.3 is 9.47 Å². The van der Waals surface area contributed by atoms with E-state index in [0.717, 1.165) is 30.5 Å². The summed E-state index contributed by atoms with van der Waals surface area (Å²) < 4.78 is 40.0. The first-order valence-corrected chi connectivity index (χ1v) is 10.9. The number of imidazole rings is 1. The SMILES string of the molecule is CCCC[C@H]1CN(CCC(F)(F)F)C(=O)CN1Cc1cncn1Cc1ccc(C#N)cc1.Cl.Cl. The van der Waals surface area contributed by atoms with Crippen LogP contribution in [-0.4, -0.2) is 57.1 Å². The molecule has 3 rings (SSSR count). The van der Waals surface area contributed by atoms with Crippen molar-refractivity contribution < 1.29 is 18.0 Å². The second kappa shape index (κ2) is 13.6. The van der Waals surface area contributed by atoms with Crippen molar-refractivity contribution in [2.75, 3.05) is 19.6 Å². The lowest BCUT2D eigenvalue weighted by molar-refractivity contribution is -0.151. The van der Waals surface area contributed by atoms with Crippen molar-refractivity contribution in [3.63, 3.8) is 0 Å². The second-order valence-electron chi connectivity index (χ2n) is 8.23. The molecule has 0 radical (unpaired) electrons. The number of amides is 1. The maximum absolute atomic E-state index is 12.7. The Morgan fingerprint density at radius 1 is 1.18 bits per heavy atom. The van der Waals surface area contributed by atoms with Crippen LogP contribution < -0.4 is 0 Å². The second-order valence-corrected chi connectivity index (χ2v) is 8.23. The molecule has 34 heavy (non-hydrogen) atoms. The molecule has 0 unspecified atom stereocenters. The lowest BCUT2D eigenvalue weighted by Gasteiger charge is -2.41. The zero-order valence-electron chi connectivity index (χ0n) is 19.0. The van der Waals surface area contributed by atoms with Crippen LogP contribution in [0.25, 0.3) is 0 Å². The first-order valence-electron chi connectivity index (χ1n) is 10.9. The molecule has 1 aromatic heterocycles. The van der Waals surface area contributed by atoms with Crippen molar-refractivity contribution in [3.8, 4) is 6.07 Å². The highest BCUT2D eigenvalue weighted by Gasteiger charge is 2.35. The number of benzene rings is 1. The van der Waals surface area contributed by atoms with Crippen LogP contribution in [0.3, 0.4) is 0 Å². The summed E-state index contributed by atoms with van der Waals surface area (Å²) >= 11 is 0. The molecule has 0 saturated carbocycles. The van der Waals surface area contributed by atoms with Crippen LogP contribution in [0.4, 0.5) is 13.2 Å². The van der Waals surface area contributed by atoms with Crippen molar-refractivity contribution in [1.82, 2.24) is 19.4 Å². The lowest BCUT2D eigenvalue weighted by Crippen LogP contribution is -2.56. The van der Waals surface area contributed by atoms with E-state index in [1.165, 1.54) is 4.90 Å². The minimum absolute atomic E-state index is 0. The summed E-state index contributed by atoms with van der Waals surface area (Å²) in [6.07, 6.45) is 1.02. The predicted molar refractivity (Wildman–Crippen MR) is 128 cm³/mol. The fraction of sp³-hybridized carbons (Fsp3) is 0.522. The van der Waals surface area contributed by atoms with Crippen LogP contribution in [0.1, 0.15) is 49.4 Å². The Bertz CT molecular complexity index is 943. The van der Waals surface area contributed by atoms with Crippen molar-refractivity contribution >= 4 is 30.7 Å². The number of carbonyl (C=O) groups excluding carboxylic acids is 1. The maximum atomic E-state index is 12.7. The Morgan fingerprint density at radius 3 is 2.50 bits per heavy atom. The minimum atomic E-state index is -4.27. The van der Waals surface area contributed by atoms with E-state index in [2.05, 4.69) is 22.9 Å². The van der Waals surface area contributed by atoms with Crippen LogP contribution in [0.5, 0.6) is 0 Å². The molecule has 1 fully saturated rings. The van der Waals surface area contributed by atoms with Crippen molar-refractivity contribution in [2.45, 2.75) is 57.9 Å². The standard InChI is InChI=1S/C23H28F3N5O.2ClH/c1-2-3-4-20-14-29(10-9-23(24,25)26)22(32)16-30(20)15-21-12-28-17-31(21)13-19-7-5-18(11-27)6-8-19;;/h5-8,12,17,20H,2-4,9-10,13-16H2,1H3;2*1H/t20-;;/m0../s1. The number of carbonyl (C=O) groups is 1. The molecule has 11 heteroatoms. The zero-order valence-corrected chi connectivity index (χ0v) is 20.6. The molecule has 2 aromatic rings. The average Bonchev–Trinajstić information content (AvgIpc) is 3.18. The summed E-state index contributed by atoms with van der Waals surface area (Å²) in [5.74, 6) is -0.264. The number of hydrogen-bond acceptors (Lipinski definition) is 4. The molecule has 1 aliphatic rings. The number of rotatable bonds is 9. The molecule has 1 atom stereocenters. The molecule has 188 valence electrons. The predicted octanol–water partition coefficient (Wildman–Crippen LogP) is 4.80. The topological polar surface area (TPSA) is 65.2 Å². The molecule has 6 nitrogen and oxygen atoms in total. The van der Waals surface area contributed by atoms with Gasteiger partial charge in [-0.3, -0.25) is 9.69 Å². The van der Waals surface area contributed by atoms with Crippen LogP contribution in [0, 0.1) is 11.3 Å². The number of piperazine rings is 1. The highest BCUT2D eigenvalue weighted by Crippen LogP contribution is 2.24. The Balaban J connectivity index is 0.00000289. The third kappa shape index (κ3) is 8.49. The Labute approximate surface area is 210 Å². The number of halogens is 5. The quantitative estimate of drug-likeness (QED) is 0.477. The summed E-state index contributed by atoms with van der Waals surface area (Å²) in [4.78, 5) is 20.3. The zero-order chi connectivity index (χ0) is 23.1. The smallest absolute Gasteiger partial charge is 0.340 e. The number of unbranched alkanes of at least 4 members (excludes halogenated alkanes) is 1. The van der Waals surface area contributed by atoms with Crippen LogP contribution in [-0.2, 0) is 17.9 Å². The summed E-state index contributed by atoms with van der Waals surface area (Å²) in [7, 11) is 0. The first kappa shape index (κ1) is 29.8. The van der Waals surface area contributed by atoms with Crippen molar-refractivity contribution in [3.05, 3.63) is 53.6 Å². The molecule has 1 aromatic carbocycles. The number of aromatic nitrogens is 2. The van der Waals surface area contributed by atoms with E-state index in [1.54, 1.807) is 24.7 Å². The van der Waals surface area contributed by atoms with Gasteiger partial charge >= 0.3 is 6.18 Å². The van der Waals surface area contributed by atoms with Crippen molar-refractivity contribution in [2.24, 2.45) is 0 Å². The summed E-state index contributed by atoms with van der Waals surface area (Å²) in [5.41, 5.74) is 2.56. The van der Waals surface area contributed by atoms with Gasteiger partial charge in [0.1, 0.15) is 0 Å². The first-order chi connectivity index (χ1) is 15.3. The van der Waals surface area contributed by atoms with E-state index < -0.39 is 12.6 Å². The Hall–Kier alpha value is -2.28. The van der Waals surface area contributed by atoms with E-state index in [9.17, 15) is 18.0 Å². The normalized spacial score (nSPS) is 16.5. The largest absolute Gasteiger partial charge is 0.390 e. The molecule has 0 spiro atoms. The van der Waals surface area contributed by atoms with E-state index >= 15 is 0 Å². The maximum Gasteiger partial charge on any atom is 0.390 e. The Morgan fingerprint density at radius 2 is 1.88 bits per heavy atom. The summed E-state index contributed by atoms with van der Waals surface area (Å²) in [5, 5.41) is 8.95. The van der Waals surface area contributed by atoms with Gasteiger partial charge in [0.25, 0.3) is 0 Å². The summed E-state index contributed by atoms with van der Waals surface area (Å²) in [6, 6.07) is 9.45. The molecule has 0 bridgehead atoms. The lowest BCUT2D eigenvalue weighted by atomic mass is 10.0. The number of alkyl halides is 3. The monoisotopic (exact) mass is 519 g/mol. The molecular formula is C23H30Cl2F3N5O. The number of hydrogen-bond donors (Lipinski definition) is 0. The van der Waals surface area contributed by atoms with E-state index in [-0.39, 0.29) is 49.9 Å². The molecule has 1 amide bonds. The van der Waals surface area contributed by atoms with Crippen LogP contribution >= 0.6 is 24.8 Å². The molecule has 1 aliphatic heterocycles. The van der Waals surface area contributed by atoms with Gasteiger partial charge in [-0.05, 0) is 24.1 Å². The highest BCUT2D eigenvalue weighted by molar-refractivity contribution is 5.85. The van der Waals surface area contributed by atoms with E-state index in [1.807, 2.05) is 16.7 Å². The fourth-order valence-corrected chi connectivity index (χ4v) is 3.96. The van der Waals surface area contributed by atoms with Gasteiger partial charge in [0.05, 0.1) is 36.6 Å². The number of nitrogens with zero attached hydrogens (tertiary/aromatic N) is 5. The fourth-order valence-electron chi connectivity index (χ4n) is 3.96. The molecular weight excluding hydrogens is 490 g/mol. The average molecular weight is 520 g/mol. The van der Waals surface area contributed by atoms with E-state index in [4.69, 9.17) is 5.26 Å². The summed E-state index contributed by atoms with van der Waals surface area (Å²) in [6.45, 7) is 3.30. The third-order valence-corrected chi connectivity index (χ3v) is 5.79. The highest BCUT2D eigenvalue weighted by atomic mass is 35.5. The van der Waals surface area contributed by atoms with Crippen LogP contribution in [0.15, 0.2) is 36.8 Å². The van der Waals surface area contributed by atoms with Gasteiger partial charge in [-0.2, -0.15) is 18.4 Å². The third-order valence-electron chi connectivity index (χ3n) is 5.79. The van der Waals surface area contributed by atoms with Gasteiger partial charge in [0.15, 0.2) is 0 Å². The van der Waals surface area contributed by atoms with Gasteiger partial charge in [-0.25, -0.2) is 4.98 Å². The molecule has 1 saturated heterocycles. The van der Waals surface area contributed by atoms with Crippen LogP contribution in [0.2, 0.25) is 0 Å². The minimum Gasteiger partial charge on any atom is -0.340 e. The molecule has 0 aliphatic carbocycles. The van der Waals surface area contributed by atoms with E-state index in [0.29, 0.717) is 25.2 Å². The van der Waals surface area contributed by atoms with Gasteiger partial charge in [-0.1, -0.05) is 31.9 Å². The molecule has 0 N–H and O–H groups in total.